The van der Waals surface area contributed by atoms with Gasteiger partial charge in [-0.15, -0.1) is 0 Å². The average Bonchev–Trinajstić information content (AvgIpc) is 3.17. The van der Waals surface area contributed by atoms with Gasteiger partial charge in [0.2, 0.25) is 0 Å². The van der Waals surface area contributed by atoms with Crippen molar-refractivity contribution < 1.29 is 39.2 Å². The number of carbonyl (C=O) groups is 4. The van der Waals surface area contributed by atoms with Gasteiger partial charge in [-0.05, 0) is 17.2 Å². The van der Waals surface area contributed by atoms with E-state index in [0.29, 0.717) is 17.4 Å². The summed E-state index contributed by atoms with van der Waals surface area (Å²) in [5, 5.41) is 32.0. The number of amides is 1. The second-order valence-electron chi connectivity index (χ2n) is 7.74. The minimum absolute atomic E-state index is 0.155. The number of carboxylic acids is 3. The topological polar surface area (TPSA) is 155 Å². The largest absolute Gasteiger partial charge is 0.481 e. The van der Waals surface area contributed by atoms with E-state index in [1.807, 2.05) is 30.3 Å². The fourth-order valence-corrected chi connectivity index (χ4v) is 4.02. The molecule has 0 aliphatic carbocycles. The van der Waals surface area contributed by atoms with Crippen LogP contribution in [0, 0.1) is 5.92 Å². The zero-order valence-electron chi connectivity index (χ0n) is 18.5. The Morgan fingerprint density at radius 3 is 2.17 bits per heavy atom. The predicted molar refractivity (Wildman–Crippen MR) is 125 cm³/mol. The van der Waals surface area contributed by atoms with Crippen molar-refractivity contribution in [1.82, 2.24) is 9.88 Å². The molecule has 0 saturated carbocycles. The molecule has 10 heteroatoms. The molecular formula is C25H24N2O8. The number of nitrogens with one attached hydrogen (secondary N) is 1. The Morgan fingerprint density at radius 1 is 0.943 bits per heavy atom. The van der Waals surface area contributed by atoms with Crippen molar-refractivity contribution in [3.8, 4) is 0 Å². The number of fused-ring (bicyclic) bond motifs is 1. The molecule has 0 radical (unpaired) electrons. The monoisotopic (exact) mass is 480 g/mol. The minimum atomic E-state index is -2.17. The maximum atomic E-state index is 12.2. The molecule has 0 aliphatic heterocycles. The van der Waals surface area contributed by atoms with Crippen LogP contribution in [0.4, 0.5) is 4.79 Å². The number of hydrogen-bond acceptors (Lipinski definition) is 5. The molecule has 3 aromatic rings. The number of hydrogen-bond donors (Lipinski definition) is 4. The molecule has 1 heterocycles. The summed E-state index contributed by atoms with van der Waals surface area (Å²) in [5.74, 6) is -8.93. The first kappa shape index (κ1) is 25.0. The SMILES string of the molecule is C=CCOC(=O)N[C@H](C(=O)O)[C@H](c1cn(Cc2ccccc2)c2ccccc12)C(C(=O)O)C(=O)O. The first-order chi connectivity index (χ1) is 16.7. The minimum Gasteiger partial charge on any atom is -0.481 e. The molecular weight excluding hydrogens is 456 g/mol. The molecule has 0 aliphatic rings. The number of alkyl carbamates (subject to hydrolysis) is 1. The number of carboxylic acid groups (broad SMARTS) is 3. The summed E-state index contributed by atoms with van der Waals surface area (Å²) in [4.78, 5) is 48.5. The lowest BCUT2D eigenvalue weighted by Gasteiger charge is -2.27. The zero-order valence-corrected chi connectivity index (χ0v) is 18.5. The fourth-order valence-electron chi connectivity index (χ4n) is 4.02. The maximum absolute atomic E-state index is 12.2. The van der Waals surface area contributed by atoms with Gasteiger partial charge < -0.3 is 29.9 Å². The summed E-state index contributed by atoms with van der Waals surface area (Å²) in [6, 6.07) is 14.3. The van der Waals surface area contributed by atoms with E-state index in [1.54, 1.807) is 28.8 Å². The van der Waals surface area contributed by atoms with Gasteiger partial charge in [-0.1, -0.05) is 61.2 Å². The Morgan fingerprint density at radius 2 is 1.57 bits per heavy atom. The third-order valence-corrected chi connectivity index (χ3v) is 5.50. The molecule has 2 aromatic carbocycles. The molecule has 0 saturated heterocycles. The van der Waals surface area contributed by atoms with Crippen molar-refractivity contribution in [2.45, 2.75) is 18.5 Å². The predicted octanol–water partition coefficient (Wildman–Crippen LogP) is 2.92. The zero-order chi connectivity index (χ0) is 25.5. The van der Waals surface area contributed by atoms with Gasteiger partial charge in [-0.3, -0.25) is 9.59 Å². The summed E-state index contributed by atoms with van der Waals surface area (Å²) in [7, 11) is 0. The third-order valence-electron chi connectivity index (χ3n) is 5.50. The number of carbonyl (C=O) groups excluding carboxylic acids is 1. The maximum Gasteiger partial charge on any atom is 0.408 e. The molecule has 1 aromatic heterocycles. The number of aliphatic carboxylic acids is 3. The van der Waals surface area contributed by atoms with Crippen LogP contribution >= 0.6 is 0 Å². The number of aromatic nitrogens is 1. The summed E-state index contributed by atoms with van der Waals surface area (Å²) >= 11 is 0. The van der Waals surface area contributed by atoms with Gasteiger partial charge in [0.1, 0.15) is 12.6 Å². The van der Waals surface area contributed by atoms with Crippen LogP contribution in [-0.4, -0.2) is 56.5 Å². The van der Waals surface area contributed by atoms with Crippen LogP contribution in [0.25, 0.3) is 10.9 Å². The summed E-state index contributed by atoms with van der Waals surface area (Å²) in [6.45, 7) is 3.54. The summed E-state index contributed by atoms with van der Waals surface area (Å²) in [5.41, 5.74) is 1.72. The first-order valence-corrected chi connectivity index (χ1v) is 10.6. The van der Waals surface area contributed by atoms with Crippen molar-refractivity contribution in [2.75, 3.05) is 6.61 Å². The molecule has 4 N–H and O–H groups in total. The number of rotatable bonds is 11. The van der Waals surface area contributed by atoms with E-state index in [9.17, 15) is 34.5 Å². The Bertz CT molecular complexity index is 1240. The van der Waals surface area contributed by atoms with Crippen LogP contribution in [0.5, 0.6) is 0 Å². The van der Waals surface area contributed by atoms with Crippen LogP contribution in [0.1, 0.15) is 17.0 Å². The second kappa shape index (κ2) is 11.0. The number of para-hydroxylation sites is 1. The van der Waals surface area contributed by atoms with E-state index in [-0.39, 0.29) is 12.2 Å². The fraction of sp³-hybridized carbons (Fsp3) is 0.200. The summed E-state index contributed by atoms with van der Waals surface area (Å²) in [6.07, 6.45) is 1.65. The molecule has 0 bridgehead atoms. The highest BCUT2D eigenvalue weighted by molar-refractivity contribution is 5.97. The van der Waals surface area contributed by atoms with Gasteiger partial charge in [0.25, 0.3) is 0 Å². The average molecular weight is 480 g/mol. The highest BCUT2D eigenvalue weighted by Crippen LogP contribution is 2.36. The van der Waals surface area contributed by atoms with E-state index >= 15 is 0 Å². The van der Waals surface area contributed by atoms with E-state index in [0.717, 1.165) is 5.56 Å². The first-order valence-electron chi connectivity index (χ1n) is 10.6. The lowest BCUT2D eigenvalue weighted by molar-refractivity contribution is -0.156. The highest BCUT2D eigenvalue weighted by atomic mass is 16.5. The van der Waals surface area contributed by atoms with Gasteiger partial charge in [-0.25, -0.2) is 9.59 Å². The molecule has 2 atom stereocenters. The van der Waals surface area contributed by atoms with Crippen molar-refractivity contribution in [3.63, 3.8) is 0 Å². The van der Waals surface area contributed by atoms with Gasteiger partial charge in [0.15, 0.2) is 5.92 Å². The molecule has 0 unspecified atom stereocenters. The molecule has 3 rings (SSSR count). The molecule has 35 heavy (non-hydrogen) atoms. The van der Waals surface area contributed by atoms with Gasteiger partial charge in [-0.2, -0.15) is 0 Å². The van der Waals surface area contributed by atoms with Crippen LogP contribution < -0.4 is 5.32 Å². The highest BCUT2D eigenvalue weighted by Gasteiger charge is 2.46. The lowest BCUT2D eigenvalue weighted by Crippen LogP contribution is -2.50. The van der Waals surface area contributed by atoms with Crippen molar-refractivity contribution in [2.24, 2.45) is 5.92 Å². The lowest BCUT2D eigenvalue weighted by atomic mass is 9.80. The Kier molecular flexibility index (Phi) is 7.88. The molecule has 1 amide bonds. The van der Waals surface area contributed by atoms with E-state index in [4.69, 9.17) is 4.74 Å². The second-order valence-corrected chi connectivity index (χ2v) is 7.74. The number of benzene rings is 2. The number of nitrogens with zero attached hydrogens (tertiary/aromatic N) is 1. The smallest absolute Gasteiger partial charge is 0.408 e. The van der Waals surface area contributed by atoms with E-state index < -0.39 is 41.9 Å². The Labute approximate surface area is 200 Å². The van der Waals surface area contributed by atoms with Crippen LogP contribution in [0.3, 0.4) is 0 Å². The molecule has 10 nitrogen and oxygen atoms in total. The Hall–Kier alpha value is -4.60. The van der Waals surface area contributed by atoms with E-state index in [1.165, 1.54) is 12.3 Å². The molecule has 182 valence electrons. The van der Waals surface area contributed by atoms with Gasteiger partial charge >= 0.3 is 24.0 Å². The van der Waals surface area contributed by atoms with Crippen LogP contribution in [-0.2, 0) is 25.7 Å². The van der Waals surface area contributed by atoms with Crippen molar-refractivity contribution >= 4 is 34.9 Å². The van der Waals surface area contributed by atoms with Gasteiger partial charge in [0, 0.05) is 29.6 Å². The normalized spacial score (nSPS) is 12.6. The van der Waals surface area contributed by atoms with Crippen LogP contribution in [0.15, 0.2) is 73.4 Å². The van der Waals surface area contributed by atoms with Crippen molar-refractivity contribution in [1.29, 1.82) is 0 Å². The van der Waals surface area contributed by atoms with Gasteiger partial charge in [0.05, 0.1) is 0 Å². The van der Waals surface area contributed by atoms with E-state index in [2.05, 4.69) is 11.9 Å². The Balaban J connectivity index is 2.19. The van der Waals surface area contributed by atoms with Crippen LogP contribution in [0.2, 0.25) is 0 Å². The quantitative estimate of drug-likeness (QED) is 0.241. The molecule has 0 spiro atoms. The number of ether oxygens (including phenoxy) is 1. The summed E-state index contributed by atoms with van der Waals surface area (Å²) < 4.78 is 6.58. The van der Waals surface area contributed by atoms with Crippen molar-refractivity contribution in [3.05, 3.63) is 84.6 Å². The third kappa shape index (κ3) is 5.67. The molecule has 0 fully saturated rings. The standard InChI is InChI=1S/C25H24N2O8/c1-2-12-35-25(34)26-21(24(32)33)19(20(22(28)29)23(30)31)17-14-27(13-15-8-4-3-5-9-15)18-11-7-6-10-16(17)18/h2-11,14,19-21H,1,12-13H2,(H,26,34)(H,28,29)(H,30,31)(H,32,33)/t19-,21+/m1/s1.